The van der Waals surface area contributed by atoms with Crippen LogP contribution in [0.2, 0.25) is 0 Å². The number of alkyl halides is 4. The van der Waals surface area contributed by atoms with E-state index in [-0.39, 0.29) is 17.8 Å². The highest BCUT2D eigenvalue weighted by atomic mass is 35.5. The molecular formula is C17H18ClF3N4O2. The van der Waals surface area contributed by atoms with Crippen LogP contribution in [0.1, 0.15) is 30.2 Å². The van der Waals surface area contributed by atoms with Crippen molar-refractivity contribution in [3.8, 4) is 11.5 Å². The number of nitrogens with one attached hydrogen (secondary N) is 1. The second-order valence-corrected chi connectivity index (χ2v) is 6.60. The fraction of sp³-hybridized carbons (Fsp3) is 0.471. The number of amides is 2. The summed E-state index contributed by atoms with van der Waals surface area (Å²) in [5.41, 5.74) is -0.328. The van der Waals surface area contributed by atoms with E-state index in [1.165, 1.54) is 12.1 Å². The van der Waals surface area contributed by atoms with Crippen LogP contribution in [0.4, 0.5) is 18.0 Å². The number of likely N-dealkylation sites (tertiary alicyclic amines) is 1. The second-order valence-electron chi connectivity index (χ2n) is 6.23. The van der Waals surface area contributed by atoms with Crippen LogP contribution in [0.5, 0.6) is 0 Å². The summed E-state index contributed by atoms with van der Waals surface area (Å²) in [4.78, 5) is 13.7. The fourth-order valence-electron chi connectivity index (χ4n) is 2.95. The van der Waals surface area contributed by atoms with E-state index in [9.17, 15) is 18.0 Å². The van der Waals surface area contributed by atoms with Crippen molar-refractivity contribution >= 4 is 17.6 Å². The van der Waals surface area contributed by atoms with E-state index in [0.717, 1.165) is 25.0 Å². The Morgan fingerprint density at radius 3 is 2.70 bits per heavy atom. The highest BCUT2D eigenvalue weighted by molar-refractivity contribution is 6.18. The Morgan fingerprint density at radius 2 is 2.04 bits per heavy atom. The predicted molar refractivity (Wildman–Crippen MR) is 92.4 cm³/mol. The molecule has 1 saturated heterocycles. The lowest BCUT2D eigenvalue weighted by atomic mass is 9.98. The van der Waals surface area contributed by atoms with Crippen molar-refractivity contribution in [1.82, 2.24) is 20.4 Å². The SMILES string of the molecule is O=C(NCCCl)N1CCCC(c2nnc(-c3ccc(C(F)(F)F)cc3)o2)C1. The molecule has 1 aromatic carbocycles. The number of carbonyl (C=O) groups is 1. The van der Waals surface area contributed by atoms with Gasteiger partial charge >= 0.3 is 12.2 Å². The van der Waals surface area contributed by atoms with Gasteiger partial charge in [0.15, 0.2) is 0 Å². The normalized spacial score (nSPS) is 17.8. The van der Waals surface area contributed by atoms with E-state index in [0.29, 0.717) is 37.0 Å². The van der Waals surface area contributed by atoms with E-state index in [2.05, 4.69) is 15.5 Å². The topological polar surface area (TPSA) is 71.3 Å². The largest absolute Gasteiger partial charge is 0.420 e. The molecule has 0 bridgehead atoms. The van der Waals surface area contributed by atoms with E-state index in [1.54, 1.807) is 4.90 Å². The zero-order chi connectivity index (χ0) is 19.4. The average Bonchev–Trinajstić information content (AvgIpc) is 3.16. The smallest absolute Gasteiger partial charge is 0.416 e. The molecule has 1 fully saturated rings. The number of aromatic nitrogens is 2. The number of carbonyl (C=O) groups excluding carboxylic acids is 1. The molecule has 0 spiro atoms. The summed E-state index contributed by atoms with van der Waals surface area (Å²) in [6.45, 7) is 1.45. The Bertz CT molecular complexity index is 779. The number of benzene rings is 1. The molecule has 1 aliphatic heterocycles. The second kappa shape index (κ2) is 8.16. The minimum absolute atomic E-state index is 0.115. The van der Waals surface area contributed by atoms with E-state index in [4.69, 9.17) is 16.0 Å². The first-order chi connectivity index (χ1) is 12.9. The van der Waals surface area contributed by atoms with Crippen LogP contribution in [0.3, 0.4) is 0 Å². The maximum Gasteiger partial charge on any atom is 0.416 e. The number of halogens is 4. The average molecular weight is 403 g/mol. The van der Waals surface area contributed by atoms with Gasteiger partial charge in [0.1, 0.15) is 0 Å². The van der Waals surface area contributed by atoms with Gasteiger partial charge in [-0.25, -0.2) is 4.79 Å². The number of rotatable bonds is 4. The summed E-state index contributed by atoms with van der Waals surface area (Å²) >= 11 is 5.58. The molecule has 1 aliphatic rings. The third-order valence-corrected chi connectivity index (χ3v) is 4.52. The standard InChI is InChI=1S/C17H18ClF3N4O2/c18-7-8-22-16(26)25-9-1-2-12(10-25)15-24-23-14(27-15)11-3-5-13(6-4-11)17(19,20)21/h3-6,12H,1-2,7-10H2,(H,22,26). The molecule has 1 aromatic heterocycles. The van der Waals surface area contributed by atoms with Crippen LogP contribution in [0.15, 0.2) is 28.7 Å². The molecule has 10 heteroatoms. The molecule has 6 nitrogen and oxygen atoms in total. The van der Waals surface area contributed by atoms with Crippen molar-refractivity contribution in [3.63, 3.8) is 0 Å². The zero-order valence-corrected chi connectivity index (χ0v) is 15.1. The van der Waals surface area contributed by atoms with Crippen molar-refractivity contribution in [3.05, 3.63) is 35.7 Å². The first-order valence-corrected chi connectivity index (χ1v) is 9.01. The molecule has 0 radical (unpaired) electrons. The number of hydrogen-bond donors (Lipinski definition) is 1. The van der Waals surface area contributed by atoms with Crippen molar-refractivity contribution in [2.45, 2.75) is 24.9 Å². The van der Waals surface area contributed by atoms with E-state index < -0.39 is 11.7 Å². The van der Waals surface area contributed by atoms with Crippen LogP contribution in [0, 0.1) is 0 Å². The Hall–Kier alpha value is -2.29. The Kier molecular flexibility index (Phi) is 5.88. The molecule has 0 aliphatic carbocycles. The molecule has 1 atom stereocenters. The number of piperidine rings is 1. The number of nitrogens with zero attached hydrogens (tertiary/aromatic N) is 3. The van der Waals surface area contributed by atoms with Gasteiger partial charge in [0.25, 0.3) is 0 Å². The summed E-state index contributed by atoms with van der Waals surface area (Å²) in [6, 6.07) is 4.36. The van der Waals surface area contributed by atoms with Gasteiger partial charge in [-0.15, -0.1) is 21.8 Å². The molecular weight excluding hydrogens is 385 g/mol. The van der Waals surface area contributed by atoms with Crippen molar-refractivity contribution in [1.29, 1.82) is 0 Å². The lowest BCUT2D eigenvalue weighted by Crippen LogP contribution is -2.45. The van der Waals surface area contributed by atoms with Gasteiger partial charge in [0.2, 0.25) is 11.8 Å². The Morgan fingerprint density at radius 1 is 1.30 bits per heavy atom. The molecule has 2 heterocycles. The Balaban J connectivity index is 1.69. The molecule has 1 N–H and O–H groups in total. The minimum Gasteiger partial charge on any atom is -0.420 e. The maximum absolute atomic E-state index is 12.7. The molecule has 2 amide bonds. The van der Waals surface area contributed by atoms with Crippen molar-refractivity contribution < 1.29 is 22.4 Å². The predicted octanol–water partition coefficient (Wildman–Crippen LogP) is 3.88. The maximum atomic E-state index is 12.7. The number of urea groups is 1. The van der Waals surface area contributed by atoms with Gasteiger partial charge in [-0.1, -0.05) is 0 Å². The summed E-state index contributed by atoms with van der Waals surface area (Å²) in [5.74, 6) is 0.752. The van der Waals surface area contributed by atoms with Crippen molar-refractivity contribution in [2.75, 3.05) is 25.5 Å². The third kappa shape index (κ3) is 4.71. The monoisotopic (exact) mass is 402 g/mol. The lowest BCUT2D eigenvalue weighted by molar-refractivity contribution is -0.137. The summed E-state index contributed by atoms with van der Waals surface area (Å²) in [5, 5.41) is 10.7. The first-order valence-electron chi connectivity index (χ1n) is 8.48. The third-order valence-electron chi connectivity index (χ3n) is 4.33. The van der Waals surface area contributed by atoms with E-state index >= 15 is 0 Å². The van der Waals surface area contributed by atoms with Crippen LogP contribution >= 0.6 is 11.6 Å². The van der Waals surface area contributed by atoms with E-state index in [1.807, 2.05) is 0 Å². The lowest BCUT2D eigenvalue weighted by Gasteiger charge is -2.31. The van der Waals surface area contributed by atoms with Crippen LogP contribution < -0.4 is 5.32 Å². The molecule has 3 rings (SSSR count). The Labute approximate surface area is 158 Å². The van der Waals surface area contributed by atoms with Crippen molar-refractivity contribution in [2.24, 2.45) is 0 Å². The van der Waals surface area contributed by atoms with Gasteiger partial charge in [-0.05, 0) is 37.1 Å². The quantitative estimate of drug-likeness (QED) is 0.788. The number of hydrogen-bond acceptors (Lipinski definition) is 4. The molecule has 146 valence electrons. The van der Waals surface area contributed by atoms with Gasteiger partial charge in [0.05, 0.1) is 11.5 Å². The van der Waals surface area contributed by atoms with Gasteiger partial charge in [-0.2, -0.15) is 13.2 Å². The summed E-state index contributed by atoms with van der Waals surface area (Å²) in [6.07, 6.45) is -2.82. The first kappa shape index (κ1) is 19.5. The van der Waals surface area contributed by atoms with Gasteiger partial charge in [-0.3, -0.25) is 0 Å². The van der Waals surface area contributed by atoms with Crippen LogP contribution in [-0.2, 0) is 6.18 Å². The molecule has 1 unspecified atom stereocenters. The fourth-order valence-corrected chi connectivity index (χ4v) is 3.04. The highest BCUT2D eigenvalue weighted by Gasteiger charge is 2.31. The molecule has 0 saturated carbocycles. The summed E-state index contributed by atoms with van der Waals surface area (Å²) in [7, 11) is 0. The highest BCUT2D eigenvalue weighted by Crippen LogP contribution is 2.32. The van der Waals surface area contributed by atoms with Gasteiger partial charge < -0.3 is 14.6 Å². The molecule has 27 heavy (non-hydrogen) atoms. The zero-order valence-electron chi connectivity index (χ0n) is 14.3. The minimum atomic E-state index is -4.39. The van der Waals surface area contributed by atoms with Crippen LogP contribution in [0.25, 0.3) is 11.5 Å². The summed E-state index contributed by atoms with van der Waals surface area (Å²) < 4.78 is 43.6. The molecule has 2 aromatic rings. The van der Waals surface area contributed by atoms with Crippen LogP contribution in [-0.4, -0.2) is 46.6 Å². The van der Waals surface area contributed by atoms with Gasteiger partial charge in [0, 0.05) is 31.1 Å².